The minimum atomic E-state index is -1.13. The summed E-state index contributed by atoms with van der Waals surface area (Å²) in [6.45, 7) is 4.11. The number of aromatic carboxylic acids is 1. The van der Waals surface area contributed by atoms with Gasteiger partial charge < -0.3 is 14.6 Å². The number of halogens is 1. The van der Waals surface area contributed by atoms with Gasteiger partial charge in [-0.1, -0.05) is 25.1 Å². The number of carbonyl (C=O) groups is 1. The number of ether oxygens (including phenoxy) is 2. The Morgan fingerprint density at radius 3 is 2.76 bits per heavy atom. The molecular weight excluding hydrogens is 325 g/mol. The molecule has 0 fully saturated rings. The molecule has 2 aromatic carbocycles. The summed E-state index contributed by atoms with van der Waals surface area (Å²) >= 11 is 0. The Labute approximate surface area is 145 Å². The van der Waals surface area contributed by atoms with E-state index in [1.165, 1.54) is 12.1 Å². The van der Waals surface area contributed by atoms with E-state index >= 15 is 0 Å². The summed E-state index contributed by atoms with van der Waals surface area (Å²) in [5.41, 5.74) is 0.567. The molecule has 2 aromatic rings. The number of hydrogen-bond acceptors (Lipinski definition) is 4. The Morgan fingerprint density at radius 1 is 1.28 bits per heavy atom. The van der Waals surface area contributed by atoms with Crippen molar-refractivity contribution in [3.8, 4) is 11.5 Å². The van der Waals surface area contributed by atoms with Crippen LogP contribution in [0.5, 0.6) is 11.5 Å². The van der Waals surface area contributed by atoms with Crippen LogP contribution in [0.4, 0.5) is 4.39 Å². The zero-order valence-corrected chi connectivity index (χ0v) is 13.9. The molecule has 1 aliphatic rings. The van der Waals surface area contributed by atoms with Crippen LogP contribution >= 0.6 is 0 Å². The smallest absolute Gasteiger partial charge is 0.336 e. The Morgan fingerprint density at radius 2 is 2.04 bits per heavy atom. The molecule has 0 amide bonds. The summed E-state index contributed by atoms with van der Waals surface area (Å²) in [6, 6.07) is 11.4. The number of fused-ring (bicyclic) bond motifs is 1. The third-order valence-corrected chi connectivity index (χ3v) is 4.17. The SMILES string of the molecule is CCN(Cc1ccc(F)cc1C(=O)O)CC1COc2ccccc2O1. The van der Waals surface area contributed by atoms with E-state index in [-0.39, 0.29) is 11.7 Å². The molecule has 6 heteroatoms. The Hall–Kier alpha value is -2.60. The highest BCUT2D eigenvalue weighted by Crippen LogP contribution is 2.31. The molecule has 0 aliphatic carbocycles. The minimum absolute atomic E-state index is 0.00962. The molecule has 0 spiro atoms. The van der Waals surface area contributed by atoms with Gasteiger partial charge in [0.15, 0.2) is 11.5 Å². The summed E-state index contributed by atoms with van der Waals surface area (Å²) in [6.07, 6.45) is -0.149. The number of nitrogens with zero attached hydrogens (tertiary/aromatic N) is 1. The van der Waals surface area contributed by atoms with Crippen LogP contribution in [0.15, 0.2) is 42.5 Å². The van der Waals surface area contributed by atoms with Gasteiger partial charge in [0.25, 0.3) is 0 Å². The van der Waals surface area contributed by atoms with Gasteiger partial charge in [0, 0.05) is 13.1 Å². The highest BCUT2D eigenvalue weighted by atomic mass is 19.1. The fourth-order valence-electron chi connectivity index (χ4n) is 2.87. The Balaban J connectivity index is 1.69. The number of carboxylic acid groups (broad SMARTS) is 1. The summed E-state index contributed by atoms with van der Waals surface area (Å²) < 4.78 is 25.0. The number of likely N-dealkylation sites (N-methyl/N-ethyl adjacent to an activating group) is 1. The lowest BCUT2D eigenvalue weighted by Crippen LogP contribution is -2.40. The van der Waals surface area contributed by atoms with Gasteiger partial charge >= 0.3 is 5.97 Å². The second-order valence-corrected chi connectivity index (χ2v) is 5.93. The van der Waals surface area contributed by atoms with Crippen molar-refractivity contribution in [2.45, 2.75) is 19.6 Å². The lowest BCUT2D eigenvalue weighted by Gasteiger charge is -2.31. The third kappa shape index (κ3) is 4.09. The average molecular weight is 345 g/mol. The molecular formula is C19H20FNO4. The quantitative estimate of drug-likeness (QED) is 0.871. The molecule has 3 rings (SSSR count). The number of hydrogen-bond donors (Lipinski definition) is 1. The topological polar surface area (TPSA) is 59.0 Å². The molecule has 0 aromatic heterocycles. The van der Waals surface area contributed by atoms with Gasteiger partial charge in [0.2, 0.25) is 0 Å². The fourth-order valence-corrected chi connectivity index (χ4v) is 2.87. The van der Waals surface area contributed by atoms with Crippen molar-refractivity contribution in [2.75, 3.05) is 19.7 Å². The van der Waals surface area contributed by atoms with Crippen LogP contribution in [0.3, 0.4) is 0 Å². The maximum atomic E-state index is 13.3. The summed E-state index contributed by atoms with van der Waals surface area (Å²) in [5, 5.41) is 9.28. The zero-order chi connectivity index (χ0) is 17.8. The average Bonchev–Trinajstić information content (AvgIpc) is 2.62. The van der Waals surface area contributed by atoms with Crippen molar-refractivity contribution < 1.29 is 23.8 Å². The maximum absolute atomic E-state index is 13.3. The largest absolute Gasteiger partial charge is 0.486 e. The molecule has 5 nitrogen and oxygen atoms in total. The third-order valence-electron chi connectivity index (χ3n) is 4.17. The van der Waals surface area contributed by atoms with Crippen molar-refractivity contribution in [1.82, 2.24) is 4.90 Å². The van der Waals surface area contributed by atoms with Crippen molar-refractivity contribution in [3.05, 3.63) is 59.4 Å². The van der Waals surface area contributed by atoms with E-state index in [0.29, 0.717) is 37.6 Å². The fraction of sp³-hybridized carbons (Fsp3) is 0.316. The van der Waals surface area contributed by atoms with Gasteiger partial charge in [-0.05, 0) is 36.4 Å². The standard InChI is InChI=1S/C19H20FNO4/c1-2-21(10-13-7-8-14(20)9-16(13)19(22)23)11-15-12-24-17-5-3-4-6-18(17)25-15/h3-9,15H,2,10-12H2,1H3,(H,22,23). The summed E-state index contributed by atoms with van der Waals surface area (Å²) in [5.74, 6) is -0.238. The summed E-state index contributed by atoms with van der Waals surface area (Å²) in [4.78, 5) is 13.4. The van der Waals surface area contributed by atoms with E-state index in [2.05, 4.69) is 4.90 Å². The molecule has 0 radical (unpaired) electrons. The van der Waals surface area contributed by atoms with Gasteiger partial charge in [-0.2, -0.15) is 0 Å². The highest BCUT2D eigenvalue weighted by molar-refractivity contribution is 5.89. The lowest BCUT2D eigenvalue weighted by atomic mass is 10.1. The van der Waals surface area contributed by atoms with Crippen LogP contribution in [0.25, 0.3) is 0 Å². The van der Waals surface area contributed by atoms with Gasteiger partial charge in [0.1, 0.15) is 18.5 Å². The van der Waals surface area contributed by atoms with Crippen molar-refractivity contribution >= 4 is 5.97 Å². The zero-order valence-electron chi connectivity index (χ0n) is 13.9. The first kappa shape index (κ1) is 17.2. The molecule has 0 saturated heterocycles. The Bertz CT molecular complexity index is 765. The second-order valence-electron chi connectivity index (χ2n) is 5.93. The predicted octanol–water partition coefficient (Wildman–Crippen LogP) is 3.19. The Kier molecular flexibility index (Phi) is 5.19. The number of benzene rings is 2. The minimum Gasteiger partial charge on any atom is -0.486 e. The van der Waals surface area contributed by atoms with Crippen LogP contribution in [0.1, 0.15) is 22.8 Å². The van der Waals surface area contributed by atoms with Crippen LogP contribution in [-0.2, 0) is 6.54 Å². The number of para-hydroxylation sites is 2. The summed E-state index contributed by atoms with van der Waals surface area (Å²) in [7, 11) is 0. The van der Waals surface area contributed by atoms with Crippen LogP contribution in [0, 0.1) is 5.82 Å². The normalized spacial score (nSPS) is 16.0. The van der Waals surface area contributed by atoms with E-state index in [9.17, 15) is 14.3 Å². The van der Waals surface area contributed by atoms with Crippen LogP contribution < -0.4 is 9.47 Å². The van der Waals surface area contributed by atoms with Gasteiger partial charge in [-0.3, -0.25) is 4.90 Å². The number of rotatable bonds is 6. The van der Waals surface area contributed by atoms with Gasteiger partial charge in [0.05, 0.1) is 5.56 Å². The molecule has 0 saturated carbocycles. The van der Waals surface area contributed by atoms with Crippen molar-refractivity contribution in [2.24, 2.45) is 0 Å². The first-order chi connectivity index (χ1) is 12.1. The van der Waals surface area contributed by atoms with E-state index in [4.69, 9.17) is 9.47 Å². The molecule has 0 bridgehead atoms. The molecule has 1 unspecified atom stereocenters. The molecule has 1 N–H and O–H groups in total. The van der Waals surface area contributed by atoms with Crippen LogP contribution in [-0.4, -0.2) is 41.8 Å². The maximum Gasteiger partial charge on any atom is 0.336 e. The molecule has 1 aliphatic heterocycles. The molecule has 1 heterocycles. The highest BCUT2D eigenvalue weighted by Gasteiger charge is 2.23. The van der Waals surface area contributed by atoms with E-state index in [1.54, 1.807) is 0 Å². The number of carboxylic acids is 1. The van der Waals surface area contributed by atoms with Gasteiger partial charge in [-0.25, -0.2) is 9.18 Å². The molecule has 132 valence electrons. The lowest BCUT2D eigenvalue weighted by molar-refractivity contribution is 0.0575. The monoisotopic (exact) mass is 345 g/mol. The van der Waals surface area contributed by atoms with Crippen molar-refractivity contribution in [1.29, 1.82) is 0 Å². The van der Waals surface area contributed by atoms with Crippen LogP contribution in [0.2, 0.25) is 0 Å². The second kappa shape index (κ2) is 7.53. The molecule has 1 atom stereocenters. The van der Waals surface area contributed by atoms with E-state index in [1.807, 2.05) is 31.2 Å². The van der Waals surface area contributed by atoms with Crippen molar-refractivity contribution in [3.63, 3.8) is 0 Å². The molecule has 25 heavy (non-hydrogen) atoms. The van der Waals surface area contributed by atoms with E-state index < -0.39 is 11.8 Å². The first-order valence-corrected chi connectivity index (χ1v) is 8.19. The first-order valence-electron chi connectivity index (χ1n) is 8.19. The van der Waals surface area contributed by atoms with Gasteiger partial charge in [-0.15, -0.1) is 0 Å². The van der Waals surface area contributed by atoms with E-state index in [0.717, 1.165) is 11.8 Å². The predicted molar refractivity (Wildman–Crippen MR) is 90.7 cm³/mol.